The van der Waals surface area contributed by atoms with Gasteiger partial charge in [0, 0.05) is 12.6 Å². The molecule has 0 heterocycles. The summed E-state index contributed by atoms with van der Waals surface area (Å²) in [7, 11) is 4.61. The van der Waals surface area contributed by atoms with Gasteiger partial charge in [-0.15, -0.1) is 0 Å². The molecule has 0 spiro atoms. The highest BCUT2D eigenvalue weighted by Crippen LogP contribution is 2.38. The summed E-state index contributed by atoms with van der Waals surface area (Å²) < 4.78 is 15.8. The number of rotatable bonds is 7. The number of amides is 1. The van der Waals surface area contributed by atoms with E-state index >= 15 is 0 Å². The number of methoxy groups -OCH3 is 3. The zero-order valence-electron chi connectivity index (χ0n) is 14.9. The Hall–Kier alpha value is -3.46. The normalized spacial score (nSPS) is 10.2. The van der Waals surface area contributed by atoms with Crippen LogP contribution in [-0.4, -0.2) is 27.2 Å². The Morgan fingerprint density at radius 1 is 1.08 bits per heavy atom. The Bertz CT molecular complexity index is 811. The molecule has 2 aromatic carbocycles. The van der Waals surface area contributed by atoms with Gasteiger partial charge in [0.1, 0.15) is 0 Å². The molecule has 0 radical (unpaired) electrons. The van der Waals surface area contributed by atoms with Crippen molar-refractivity contribution in [3.63, 3.8) is 0 Å². The molecule has 1 amide bonds. The Labute approximate surface area is 152 Å². The van der Waals surface area contributed by atoms with Gasteiger partial charge in [0.05, 0.1) is 33.0 Å². The van der Waals surface area contributed by atoms with E-state index in [9.17, 15) is 4.79 Å². The number of hydrogen-bond acceptors (Lipinski definition) is 5. The van der Waals surface area contributed by atoms with Gasteiger partial charge in [0.15, 0.2) is 11.5 Å². The third-order valence-electron chi connectivity index (χ3n) is 3.66. The molecule has 0 unspecified atom stereocenters. The van der Waals surface area contributed by atoms with Crippen molar-refractivity contribution in [2.75, 3.05) is 21.3 Å². The van der Waals surface area contributed by atoms with Gasteiger partial charge in [0.25, 0.3) is 0 Å². The van der Waals surface area contributed by atoms with Crippen molar-refractivity contribution in [2.24, 2.45) is 0 Å². The smallest absolute Gasteiger partial charge is 0.244 e. The van der Waals surface area contributed by atoms with Crippen LogP contribution in [0.15, 0.2) is 42.5 Å². The Morgan fingerprint density at radius 2 is 1.69 bits per heavy atom. The fraction of sp³-hybridized carbons (Fsp3) is 0.200. The van der Waals surface area contributed by atoms with Gasteiger partial charge < -0.3 is 19.5 Å². The van der Waals surface area contributed by atoms with Gasteiger partial charge in [-0.25, -0.2) is 0 Å². The van der Waals surface area contributed by atoms with Crippen molar-refractivity contribution < 1.29 is 19.0 Å². The van der Waals surface area contributed by atoms with E-state index in [0.717, 1.165) is 11.1 Å². The van der Waals surface area contributed by atoms with Gasteiger partial charge in [-0.2, -0.15) is 5.26 Å². The van der Waals surface area contributed by atoms with Crippen LogP contribution in [0.2, 0.25) is 0 Å². The zero-order valence-corrected chi connectivity index (χ0v) is 14.9. The Kier molecular flexibility index (Phi) is 6.63. The van der Waals surface area contributed by atoms with Crippen molar-refractivity contribution in [1.82, 2.24) is 5.32 Å². The molecular formula is C20H20N2O4. The third kappa shape index (κ3) is 4.77. The number of carbonyl (C=O) groups is 1. The molecule has 0 saturated heterocycles. The molecule has 2 aromatic rings. The summed E-state index contributed by atoms with van der Waals surface area (Å²) in [5.74, 6) is 1.30. The lowest BCUT2D eigenvalue weighted by molar-refractivity contribution is -0.116. The monoisotopic (exact) mass is 352 g/mol. The molecule has 0 atom stereocenters. The summed E-state index contributed by atoms with van der Waals surface area (Å²) >= 11 is 0. The summed E-state index contributed by atoms with van der Waals surface area (Å²) in [6, 6.07) is 12.6. The molecule has 0 aliphatic carbocycles. The quantitative estimate of drug-likeness (QED) is 0.775. The first-order valence-corrected chi connectivity index (χ1v) is 7.86. The molecule has 6 nitrogen and oxygen atoms in total. The summed E-state index contributed by atoms with van der Waals surface area (Å²) in [5.41, 5.74) is 2.24. The highest BCUT2D eigenvalue weighted by Gasteiger charge is 2.12. The van der Waals surface area contributed by atoms with Gasteiger partial charge in [-0.3, -0.25) is 4.79 Å². The second-order valence-corrected chi connectivity index (χ2v) is 5.32. The lowest BCUT2D eigenvalue weighted by atomic mass is 10.1. The summed E-state index contributed by atoms with van der Waals surface area (Å²) in [4.78, 5) is 12.0. The maximum Gasteiger partial charge on any atom is 0.244 e. The minimum Gasteiger partial charge on any atom is -0.493 e. The maximum absolute atomic E-state index is 12.0. The van der Waals surface area contributed by atoms with E-state index in [1.165, 1.54) is 27.4 Å². The molecule has 2 rings (SSSR count). The topological polar surface area (TPSA) is 80.6 Å². The Balaban J connectivity index is 2.04. The fourth-order valence-corrected chi connectivity index (χ4v) is 2.31. The van der Waals surface area contributed by atoms with Gasteiger partial charge in [-0.05, 0) is 41.5 Å². The fourth-order valence-electron chi connectivity index (χ4n) is 2.31. The molecule has 0 saturated carbocycles. The number of carbonyl (C=O) groups excluding carboxylic acids is 1. The first-order valence-electron chi connectivity index (χ1n) is 7.86. The van der Waals surface area contributed by atoms with Crippen molar-refractivity contribution in [1.29, 1.82) is 5.26 Å². The maximum atomic E-state index is 12.0. The van der Waals surface area contributed by atoms with Crippen LogP contribution in [0.3, 0.4) is 0 Å². The third-order valence-corrected chi connectivity index (χ3v) is 3.66. The molecule has 1 N–H and O–H groups in total. The zero-order chi connectivity index (χ0) is 18.9. The number of nitrogens with zero attached hydrogens (tertiary/aromatic N) is 1. The van der Waals surface area contributed by atoms with Crippen LogP contribution in [0, 0.1) is 11.3 Å². The first-order chi connectivity index (χ1) is 12.6. The van der Waals surface area contributed by atoms with Crippen LogP contribution < -0.4 is 19.5 Å². The first kappa shape index (κ1) is 18.9. The molecule has 0 fully saturated rings. The summed E-state index contributed by atoms with van der Waals surface area (Å²) in [6.07, 6.45) is 3.10. The van der Waals surface area contributed by atoms with E-state index < -0.39 is 0 Å². The minimum atomic E-state index is -0.233. The second kappa shape index (κ2) is 9.14. The molecule has 0 aromatic heterocycles. The average Bonchev–Trinajstić information content (AvgIpc) is 2.69. The van der Waals surface area contributed by atoms with Crippen molar-refractivity contribution in [3.8, 4) is 23.3 Å². The van der Waals surface area contributed by atoms with E-state index in [2.05, 4.69) is 11.4 Å². The molecule has 0 bridgehead atoms. The molecule has 0 aliphatic rings. The second-order valence-electron chi connectivity index (χ2n) is 5.32. The van der Waals surface area contributed by atoms with Crippen LogP contribution in [0.5, 0.6) is 17.2 Å². The number of benzene rings is 2. The van der Waals surface area contributed by atoms with Gasteiger partial charge >= 0.3 is 0 Å². The standard InChI is InChI=1S/C20H20N2O4/c1-24-17-10-16(11-18(25-2)20(17)26-3)8-9-19(23)22-13-15-6-4-14(12-21)5-7-15/h4-11H,13H2,1-3H3,(H,22,23)/b9-8+. The predicted molar refractivity (Wildman–Crippen MR) is 98.1 cm³/mol. The number of nitriles is 1. The van der Waals surface area contributed by atoms with E-state index in [4.69, 9.17) is 19.5 Å². The predicted octanol–water partition coefficient (Wildman–Crippen LogP) is 2.91. The lowest BCUT2D eigenvalue weighted by Crippen LogP contribution is -2.20. The highest BCUT2D eigenvalue weighted by atomic mass is 16.5. The van der Waals surface area contributed by atoms with E-state index in [-0.39, 0.29) is 5.91 Å². The lowest BCUT2D eigenvalue weighted by Gasteiger charge is -2.12. The molecule has 0 aliphatic heterocycles. The molecule has 134 valence electrons. The van der Waals surface area contributed by atoms with Crippen molar-refractivity contribution in [2.45, 2.75) is 6.54 Å². The van der Waals surface area contributed by atoms with Crippen molar-refractivity contribution >= 4 is 12.0 Å². The van der Waals surface area contributed by atoms with E-state index in [0.29, 0.717) is 29.4 Å². The molecule has 6 heteroatoms. The highest BCUT2D eigenvalue weighted by molar-refractivity contribution is 5.91. The molecule has 26 heavy (non-hydrogen) atoms. The van der Waals surface area contributed by atoms with Crippen LogP contribution >= 0.6 is 0 Å². The van der Waals surface area contributed by atoms with E-state index in [1.54, 1.807) is 30.3 Å². The summed E-state index contributed by atoms with van der Waals surface area (Å²) in [6.45, 7) is 0.379. The SMILES string of the molecule is COc1cc(/C=C/C(=O)NCc2ccc(C#N)cc2)cc(OC)c1OC. The van der Waals surface area contributed by atoms with Crippen molar-refractivity contribution in [3.05, 3.63) is 59.2 Å². The minimum absolute atomic E-state index is 0.233. The molecular weight excluding hydrogens is 332 g/mol. The largest absolute Gasteiger partial charge is 0.493 e. The van der Waals surface area contributed by atoms with Crippen LogP contribution in [0.4, 0.5) is 0 Å². The van der Waals surface area contributed by atoms with Gasteiger partial charge in [0.2, 0.25) is 11.7 Å². The van der Waals surface area contributed by atoms with Crippen LogP contribution in [-0.2, 0) is 11.3 Å². The van der Waals surface area contributed by atoms with Crippen LogP contribution in [0.1, 0.15) is 16.7 Å². The van der Waals surface area contributed by atoms with E-state index in [1.807, 2.05) is 12.1 Å². The Morgan fingerprint density at radius 3 is 2.19 bits per heavy atom. The summed E-state index contributed by atoms with van der Waals surface area (Å²) in [5, 5.41) is 11.6. The number of nitrogens with one attached hydrogen (secondary N) is 1. The average molecular weight is 352 g/mol. The van der Waals surface area contributed by atoms with Gasteiger partial charge in [-0.1, -0.05) is 12.1 Å². The number of ether oxygens (including phenoxy) is 3. The van der Waals surface area contributed by atoms with Crippen LogP contribution in [0.25, 0.3) is 6.08 Å². The number of hydrogen-bond donors (Lipinski definition) is 1.